The minimum Gasteiger partial charge on any atom is -0.323 e. The second-order valence-electron chi connectivity index (χ2n) is 3.79. The first-order valence-corrected chi connectivity index (χ1v) is 5.42. The molecule has 0 saturated carbocycles. The van der Waals surface area contributed by atoms with Gasteiger partial charge in [-0.25, -0.2) is 4.98 Å². The highest BCUT2D eigenvalue weighted by Crippen LogP contribution is 2.29. The molecule has 4 heteroatoms. The van der Waals surface area contributed by atoms with E-state index in [1.165, 1.54) is 0 Å². The third kappa shape index (κ3) is 1.52. The summed E-state index contributed by atoms with van der Waals surface area (Å²) < 4.78 is 0. The molecule has 0 fully saturated rings. The Labute approximate surface area is 94.0 Å². The zero-order valence-corrected chi connectivity index (χ0v) is 8.87. The van der Waals surface area contributed by atoms with E-state index in [1.807, 2.05) is 12.3 Å². The number of pyridine rings is 1. The highest BCUT2D eigenvalue weighted by Gasteiger charge is 2.19. The Balaban J connectivity index is 2.05. The Morgan fingerprint density at radius 2 is 2.12 bits per heavy atom. The van der Waals surface area contributed by atoms with Crippen LogP contribution in [0, 0.1) is 0 Å². The van der Waals surface area contributed by atoms with Crippen LogP contribution in [0.25, 0.3) is 0 Å². The summed E-state index contributed by atoms with van der Waals surface area (Å²) in [6.07, 6.45) is 9.21. The van der Waals surface area contributed by atoms with Crippen LogP contribution in [0.5, 0.6) is 0 Å². The van der Waals surface area contributed by atoms with Gasteiger partial charge in [-0.1, -0.05) is 0 Å². The number of hydrogen-bond acceptors (Lipinski definition) is 4. The summed E-state index contributed by atoms with van der Waals surface area (Å²) in [6, 6.07) is 4.06. The zero-order chi connectivity index (χ0) is 10.8. The van der Waals surface area contributed by atoms with E-state index in [-0.39, 0.29) is 0 Å². The van der Waals surface area contributed by atoms with E-state index in [0.717, 1.165) is 36.6 Å². The number of hydrogen-bond donors (Lipinski definition) is 0. The molecule has 0 aromatic carbocycles. The number of fused-ring (bicyclic) bond motifs is 1. The Hall–Kier alpha value is -1.97. The van der Waals surface area contributed by atoms with Gasteiger partial charge in [0, 0.05) is 25.1 Å². The van der Waals surface area contributed by atoms with E-state index >= 15 is 0 Å². The average Bonchev–Trinajstić information content (AvgIpc) is 2.39. The van der Waals surface area contributed by atoms with Gasteiger partial charge in [-0.2, -0.15) is 0 Å². The van der Waals surface area contributed by atoms with E-state index in [1.54, 1.807) is 18.6 Å². The molecule has 0 spiro atoms. The summed E-state index contributed by atoms with van der Waals surface area (Å²) >= 11 is 0. The van der Waals surface area contributed by atoms with E-state index in [2.05, 4.69) is 25.9 Å². The molecule has 16 heavy (non-hydrogen) atoms. The third-order valence-electron chi connectivity index (χ3n) is 2.78. The van der Waals surface area contributed by atoms with Crippen LogP contribution in [-0.2, 0) is 6.42 Å². The summed E-state index contributed by atoms with van der Waals surface area (Å²) in [5, 5.41) is 0. The predicted molar refractivity (Wildman–Crippen MR) is 61.6 cm³/mol. The van der Waals surface area contributed by atoms with Crippen LogP contribution in [0.4, 0.5) is 11.5 Å². The van der Waals surface area contributed by atoms with E-state index < -0.39 is 0 Å². The maximum Gasteiger partial charge on any atom is 0.151 e. The Bertz CT molecular complexity index is 483. The van der Waals surface area contributed by atoms with Gasteiger partial charge in [-0.3, -0.25) is 9.97 Å². The molecule has 1 aliphatic rings. The smallest absolute Gasteiger partial charge is 0.151 e. The fourth-order valence-corrected chi connectivity index (χ4v) is 2.06. The molecule has 0 unspecified atom stereocenters. The highest BCUT2D eigenvalue weighted by molar-refractivity contribution is 5.62. The minimum atomic E-state index is 0.899. The largest absolute Gasteiger partial charge is 0.323 e. The number of nitrogens with zero attached hydrogens (tertiary/aromatic N) is 4. The fourth-order valence-electron chi connectivity index (χ4n) is 2.06. The van der Waals surface area contributed by atoms with E-state index in [0.29, 0.717) is 0 Å². The Morgan fingerprint density at radius 3 is 3.00 bits per heavy atom. The molecule has 80 valence electrons. The first-order valence-electron chi connectivity index (χ1n) is 5.42. The lowest BCUT2D eigenvalue weighted by atomic mass is 10.1. The van der Waals surface area contributed by atoms with Crippen LogP contribution >= 0.6 is 0 Å². The van der Waals surface area contributed by atoms with Crippen molar-refractivity contribution in [3.8, 4) is 0 Å². The fraction of sp³-hybridized carbons (Fsp3) is 0.250. The van der Waals surface area contributed by atoms with Crippen LogP contribution in [0.15, 0.2) is 36.9 Å². The van der Waals surface area contributed by atoms with Crippen molar-refractivity contribution in [3.05, 3.63) is 42.6 Å². The number of aromatic nitrogens is 3. The van der Waals surface area contributed by atoms with Crippen molar-refractivity contribution in [2.45, 2.75) is 12.8 Å². The molecule has 3 heterocycles. The van der Waals surface area contributed by atoms with Gasteiger partial charge in [0.2, 0.25) is 0 Å². The molecule has 2 aromatic heterocycles. The molecule has 0 amide bonds. The quantitative estimate of drug-likeness (QED) is 0.724. The van der Waals surface area contributed by atoms with Crippen molar-refractivity contribution < 1.29 is 0 Å². The SMILES string of the molecule is c1cnc2c(c1)N(c1cnccn1)CCC2. The average molecular weight is 212 g/mol. The number of aryl methyl sites for hydroxylation is 1. The predicted octanol–water partition coefficient (Wildman–Crippen LogP) is 1.96. The van der Waals surface area contributed by atoms with Gasteiger partial charge in [0.25, 0.3) is 0 Å². The molecular formula is C12H12N4. The summed E-state index contributed by atoms with van der Waals surface area (Å²) in [5.41, 5.74) is 2.31. The summed E-state index contributed by atoms with van der Waals surface area (Å²) in [5.74, 6) is 0.899. The lowest BCUT2D eigenvalue weighted by Gasteiger charge is -2.29. The topological polar surface area (TPSA) is 41.9 Å². The number of anilines is 2. The number of rotatable bonds is 1. The third-order valence-corrected chi connectivity index (χ3v) is 2.78. The van der Waals surface area contributed by atoms with Crippen LogP contribution < -0.4 is 4.90 Å². The molecule has 3 rings (SSSR count). The second kappa shape index (κ2) is 3.89. The first kappa shape index (κ1) is 9.27. The van der Waals surface area contributed by atoms with Crippen molar-refractivity contribution in [1.82, 2.24) is 15.0 Å². The van der Waals surface area contributed by atoms with Crippen molar-refractivity contribution in [2.24, 2.45) is 0 Å². The zero-order valence-electron chi connectivity index (χ0n) is 8.87. The van der Waals surface area contributed by atoms with Gasteiger partial charge in [-0.15, -0.1) is 0 Å². The van der Waals surface area contributed by atoms with Gasteiger partial charge in [0.05, 0.1) is 17.6 Å². The standard InChI is InChI=1S/C12H12N4/c1-4-11-10(14-5-1)3-2-8-16(11)12-9-13-6-7-15-12/h1,4-7,9H,2-3,8H2. The molecule has 0 N–H and O–H groups in total. The Kier molecular flexibility index (Phi) is 2.25. The van der Waals surface area contributed by atoms with Crippen LogP contribution in [0.2, 0.25) is 0 Å². The van der Waals surface area contributed by atoms with Crippen molar-refractivity contribution in [1.29, 1.82) is 0 Å². The van der Waals surface area contributed by atoms with Crippen LogP contribution in [0.3, 0.4) is 0 Å². The molecule has 0 radical (unpaired) electrons. The Morgan fingerprint density at radius 1 is 1.12 bits per heavy atom. The molecule has 2 aromatic rings. The van der Waals surface area contributed by atoms with Gasteiger partial charge >= 0.3 is 0 Å². The monoisotopic (exact) mass is 212 g/mol. The molecule has 1 aliphatic heterocycles. The summed E-state index contributed by atoms with van der Waals surface area (Å²) in [6.45, 7) is 0.984. The normalized spacial score (nSPS) is 14.6. The van der Waals surface area contributed by atoms with Crippen molar-refractivity contribution in [2.75, 3.05) is 11.4 Å². The molecule has 0 saturated heterocycles. The summed E-state index contributed by atoms with van der Waals surface area (Å²) in [4.78, 5) is 15.0. The maximum absolute atomic E-state index is 4.41. The second-order valence-corrected chi connectivity index (χ2v) is 3.79. The molecule has 4 nitrogen and oxygen atoms in total. The van der Waals surface area contributed by atoms with Gasteiger partial charge in [0.1, 0.15) is 0 Å². The van der Waals surface area contributed by atoms with E-state index in [9.17, 15) is 0 Å². The molecule has 0 bridgehead atoms. The van der Waals surface area contributed by atoms with Crippen LogP contribution in [-0.4, -0.2) is 21.5 Å². The van der Waals surface area contributed by atoms with Gasteiger partial charge in [0.15, 0.2) is 5.82 Å². The maximum atomic E-state index is 4.41. The van der Waals surface area contributed by atoms with Gasteiger partial charge < -0.3 is 4.90 Å². The molecular weight excluding hydrogens is 200 g/mol. The van der Waals surface area contributed by atoms with Gasteiger partial charge in [-0.05, 0) is 25.0 Å². The minimum absolute atomic E-state index is 0.899. The first-order chi connectivity index (χ1) is 7.95. The lowest BCUT2D eigenvalue weighted by Crippen LogP contribution is -2.25. The van der Waals surface area contributed by atoms with E-state index in [4.69, 9.17) is 0 Å². The van der Waals surface area contributed by atoms with Crippen LogP contribution in [0.1, 0.15) is 12.1 Å². The van der Waals surface area contributed by atoms with Crippen molar-refractivity contribution in [3.63, 3.8) is 0 Å². The molecule has 0 atom stereocenters. The summed E-state index contributed by atoms with van der Waals surface area (Å²) in [7, 11) is 0. The van der Waals surface area contributed by atoms with Crippen molar-refractivity contribution >= 4 is 11.5 Å². The molecule has 0 aliphatic carbocycles. The highest BCUT2D eigenvalue weighted by atomic mass is 15.2. The lowest BCUT2D eigenvalue weighted by molar-refractivity contribution is 0.737.